The van der Waals surface area contributed by atoms with Crippen LogP contribution in [-0.2, 0) is 25.2 Å². The predicted molar refractivity (Wildman–Crippen MR) is 186 cm³/mol. The summed E-state index contributed by atoms with van der Waals surface area (Å²) in [5.41, 5.74) is 3.88. The van der Waals surface area contributed by atoms with E-state index in [9.17, 15) is 0 Å². The lowest BCUT2D eigenvalue weighted by Gasteiger charge is -2.39. The average molecular weight is 655 g/mol. The molecule has 0 spiro atoms. The number of hydrogen-bond acceptors (Lipinski definition) is 3. The predicted octanol–water partition coefficient (Wildman–Crippen LogP) is 8.80. The molecule has 0 N–H and O–H groups in total. The van der Waals surface area contributed by atoms with Crippen molar-refractivity contribution in [3.05, 3.63) is 171 Å². The van der Waals surface area contributed by atoms with Crippen LogP contribution in [-0.4, -0.2) is 17.6 Å². The number of carbonyl (C=O) groups excluding carboxylic acids is 3. The Morgan fingerprint density at radius 3 is 1.36 bits per heavy atom. The minimum absolute atomic E-state index is 0.191. The summed E-state index contributed by atoms with van der Waals surface area (Å²) in [6, 6.07) is 39.5. The summed E-state index contributed by atoms with van der Waals surface area (Å²) in [5.74, 6) is -2.98. The molecule has 2 bridgehead atoms. The zero-order chi connectivity index (χ0) is 32.7. The summed E-state index contributed by atoms with van der Waals surface area (Å²) in [5, 5.41) is 1.02. The SMILES string of the molecule is Cc1ccc(N2C(=O)C3C(C2=O)C2(c4ccc(Cl)cc4)C(=O)C3(c3ccc(Cl)cc3)C(c3ccccc3)=C2c2ccccc2)cc1C. The molecule has 5 aromatic carbocycles. The molecule has 1 aliphatic heterocycles. The molecule has 1 saturated heterocycles. The summed E-state index contributed by atoms with van der Waals surface area (Å²) in [4.78, 5) is 47.5. The molecule has 4 nitrogen and oxygen atoms in total. The minimum atomic E-state index is -1.50. The number of nitrogens with zero attached hydrogens (tertiary/aromatic N) is 1. The number of fused-ring (bicyclic) bond motifs is 5. The van der Waals surface area contributed by atoms with E-state index in [-0.39, 0.29) is 17.6 Å². The van der Waals surface area contributed by atoms with E-state index in [4.69, 9.17) is 23.2 Å². The van der Waals surface area contributed by atoms with Crippen molar-refractivity contribution in [2.24, 2.45) is 11.8 Å². The molecule has 8 rings (SSSR count). The van der Waals surface area contributed by atoms with Crippen LogP contribution in [0.3, 0.4) is 0 Å². The first-order chi connectivity index (χ1) is 22.7. The van der Waals surface area contributed by atoms with Gasteiger partial charge in [0.25, 0.3) is 0 Å². The maximum Gasteiger partial charge on any atom is 0.239 e. The Morgan fingerprint density at radius 1 is 0.532 bits per heavy atom. The minimum Gasteiger partial charge on any atom is -0.297 e. The normalized spacial score (nSPS) is 24.8. The van der Waals surface area contributed by atoms with Gasteiger partial charge in [0.05, 0.1) is 28.4 Å². The number of imide groups is 1. The van der Waals surface area contributed by atoms with Crippen molar-refractivity contribution in [2.45, 2.75) is 24.7 Å². The second-order valence-electron chi connectivity index (χ2n) is 12.7. The topological polar surface area (TPSA) is 54.5 Å². The van der Waals surface area contributed by atoms with E-state index in [2.05, 4.69) is 0 Å². The lowest BCUT2D eigenvalue weighted by Crippen LogP contribution is -2.45. The van der Waals surface area contributed by atoms with Crippen LogP contribution >= 0.6 is 23.2 Å². The second-order valence-corrected chi connectivity index (χ2v) is 13.5. The molecule has 4 atom stereocenters. The zero-order valence-corrected chi connectivity index (χ0v) is 27.2. The van der Waals surface area contributed by atoms with Crippen molar-refractivity contribution in [1.29, 1.82) is 0 Å². The Bertz CT molecular complexity index is 2010. The van der Waals surface area contributed by atoms with Crippen molar-refractivity contribution in [3.63, 3.8) is 0 Å². The van der Waals surface area contributed by atoms with Crippen LogP contribution in [0, 0.1) is 25.7 Å². The lowest BCUT2D eigenvalue weighted by molar-refractivity contribution is -0.130. The molecule has 2 amide bonds. The number of aryl methyl sites for hydroxylation is 2. The van der Waals surface area contributed by atoms with Gasteiger partial charge < -0.3 is 0 Å². The van der Waals surface area contributed by atoms with Crippen LogP contribution in [0.15, 0.2) is 127 Å². The van der Waals surface area contributed by atoms with Crippen LogP contribution in [0.25, 0.3) is 11.1 Å². The summed E-state index contributed by atoms with van der Waals surface area (Å²) >= 11 is 12.8. The highest BCUT2D eigenvalue weighted by atomic mass is 35.5. The molecule has 2 aliphatic carbocycles. The summed E-state index contributed by atoms with van der Waals surface area (Å²) in [6.07, 6.45) is 0. The van der Waals surface area contributed by atoms with Crippen molar-refractivity contribution in [2.75, 3.05) is 4.90 Å². The number of halogens is 2. The molecule has 0 radical (unpaired) electrons. The molecule has 230 valence electrons. The number of Topliss-reactive ketones (excluding diaryl/α,β-unsaturated/α-hetero) is 1. The number of allylic oxidation sites excluding steroid dienone is 2. The fourth-order valence-electron chi connectivity index (χ4n) is 8.48. The summed E-state index contributed by atoms with van der Waals surface area (Å²) in [6.45, 7) is 3.96. The van der Waals surface area contributed by atoms with Crippen molar-refractivity contribution >= 4 is 57.6 Å². The van der Waals surface area contributed by atoms with Gasteiger partial charge in [-0.25, -0.2) is 4.90 Å². The third kappa shape index (κ3) is 3.86. The molecular weight excluding hydrogens is 625 g/mol. The van der Waals surface area contributed by atoms with Gasteiger partial charge in [-0.3, -0.25) is 14.4 Å². The molecule has 47 heavy (non-hydrogen) atoms. The fourth-order valence-corrected chi connectivity index (χ4v) is 8.73. The first-order valence-corrected chi connectivity index (χ1v) is 16.4. The van der Waals surface area contributed by atoms with Gasteiger partial charge in [-0.15, -0.1) is 0 Å². The van der Waals surface area contributed by atoms with E-state index in [0.717, 1.165) is 33.4 Å². The van der Waals surface area contributed by atoms with E-state index in [1.165, 1.54) is 4.90 Å². The Labute approximate surface area is 283 Å². The Hall–Kier alpha value is -4.77. The third-order valence-corrected chi connectivity index (χ3v) is 11.0. The quantitative estimate of drug-likeness (QED) is 0.178. The van der Waals surface area contributed by atoms with Gasteiger partial charge in [-0.05, 0) is 94.8 Å². The number of hydrogen-bond donors (Lipinski definition) is 0. The van der Waals surface area contributed by atoms with Crippen molar-refractivity contribution < 1.29 is 14.4 Å². The summed E-state index contributed by atoms with van der Waals surface area (Å²) < 4.78 is 0. The Balaban J connectivity index is 1.55. The smallest absolute Gasteiger partial charge is 0.239 e. The average Bonchev–Trinajstić information content (AvgIpc) is 3.59. The number of benzene rings is 5. The standard InChI is InChI=1S/C41H29Cl2NO3/c1-24-13-22-32(23-25(24)2)44-37(45)35-36(38(44)46)41(29-16-20-31(43)21-17-29)34(27-11-7-4-8-12-27)33(26-9-5-3-6-10-26)40(35,39(41)47)28-14-18-30(42)19-15-28/h3-23,35-36H,1-2H3. The molecule has 5 aromatic rings. The van der Waals surface area contributed by atoms with Gasteiger partial charge in [0.2, 0.25) is 11.8 Å². The van der Waals surface area contributed by atoms with E-state index >= 15 is 14.4 Å². The van der Waals surface area contributed by atoms with Gasteiger partial charge in [-0.1, -0.05) is 114 Å². The highest BCUT2D eigenvalue weighted by Crippen LogP contribution is 2.74. The maximum absolute atomic E-state index is 16.0. The van der Waals surface area contributed by atoms with E-state index in [0.29, 0.717) is 26.9 Å². The van der Waals surface area contributed by atoms with E-state index in [1.807, 2.05) is 117 Å². The van der Waals surface area contributed by atoms with Crippen LogP contribution in [0.4, 0.5) is 5.69 Å². The monoisotopic (exact) mass is 653 g/mol. The molecule has 6 heteroatoms. The highest BCUT2D eigenvalue weighted by Gasteiger charge is 2.82. The van der Waals surface area contributed by atoms with Gasteiger partial charge in [0.15, 0.2) is 5.78 Å². The Kier molecular flexibility index (Phi) is 6.70. The number of carbonyl (C=O) groups is 3. The van der Waals surface area contributed by atoms with Crippen LogP contribution in [0.1, 0.15) is 33.4 Å². The highest BCUT2D eigenvalue weighted by molar-refractivity contribution is 6.39. The number of amides is 2. The van der Waals surface area contributed by atoms with Crippen molar-refractivity contribution in [3.8, 4) is 0 Å². The molecular formula is C41H29Cl2NO3. The van der Waals surface area contributed by atoms with Crippen LogP contribution in [0.5, 0.6) is 0 Å². The summed E-state index contributed by atoms with van der Waals surface area (Å²) in [7, 11) is 0. The van der Waals surface area contributed by atoms with Gasteiger partial charge in [-0.2, -0.15) is 0 Å². The largest absolute Gasteiger partial charge is 0.297 e. The number of ketones is 1. The van der Waals surface area contributed by atoms with Crippen LogP contribution in [0.2, 0.25) is 10.0 Å². The molecule has 0 aromatic heterocycles. The van der Waals surface area contributed by atoms with Gasteiger partial charge in [0, 0.05) is 10.0 Å². The van der Waals surface area contributed by atoms with Crippen molar-refractivity contribution in [1.82, 2.24) is 0 Å². The van der Waals surface area contributed by atoms with Crippen LogP contribution < -0.4 is 4.90 Å². The second kappa shape index (κ2) is 10.6. The molecule has 1 heterocycles. The first-order valence-electron chi connectivity index (χ1n) is 15.6. The molecule has 3 aliphatic rings. The first kappa shape index (κ1) is 29.6. The van der Waals surface area contributed by atoms with E-state index < -0.39 is 22.7 Å². The molecule has 4 unspecified atom stereocenters. The molecule has 1 saturated carbocycles. The van der Waals surface area contributed by atoms with E-state index in [1.54, 1.807) is 24.3 Å². The third-order valence-electron chi connectivity index (χ3n) is 10.5. The zero-order valence-electron chi connectivity index (χ0n) is 25.7. The fraction of sp³-hybridized carbons (Fsp3) is 0.146. The molecule has 2 fully saturated rings. The van der Waals surface area contributed by atoms with Gasteiger partial charge >= 0.3 is 0 Å². The number of anilines is 1. The number of rotatable bonds is 5. The Morgan fingerprint density at radius 2 is 0.957 bits per heavy atom. The van der Waals surface area contributed by atoms with Gasteiger partial charge in [0.1, 0.15) is 0 Å². The maximum atomic E-state index is 16.0. The lowest BCUT2D eigenvalue weighted by atomic mass is 9.59.